The molecule has 1 unspecified atom stereocenters. The highest BCUT2D eigenvalue weighted by molar-refractivity contribution is 7.10. The minimum atomic E-state index is -0.0191. The Morgan fingerprint density at radius 3 is 3.00 bits per heavy atom. The van der Waals surface area contributed by atoms with Gasteiger partial charge < -0.3 is 15.4 Å². The number of rotatable bonds is 6. The summed E-state index contributed by atoms with van der Waals surface area (Å²) in [5.74, 6) is -0.0191. The van der Waals surface area contributed by atoms with Gasteiger partial charge in [-0.1, -0.05) is 6.07 Å². The molecular formula is C11H18N2O2S. The van der Waals surface area contributed by atoms with E-state index in [9.17, 15) is 4.79 Å². The van der Waals surface area contributed by atoms with Crippen LogP contribution in [0.1, 0.15) is 17.8 Å². The van der Waals surface area contributed by atoms with Crippen molar-refractivity contribution in [2.45, 2.75) is 13.0 Å². The normalized spacial score (nSPS) is 12.4. The molecular weight excluding hydrogens is 224 g/mol. The van der Waals surface area contributed by atoms with Gasteiger partial charge >= 0.3 is 0 Å². The zero-order valence-electron chi connectivity index (χ0n) is 9.68. The van der Waals surface area contributed by atoms with Crippen LogP contribution in [0.3, 0.4) is 0 Å². The van der Waals surface area contributed by atoms with Gasteiger partial charge in [-0.3, -0.25) is 4.79 Å². The lowest BCUT2D eigenvalue weighted by atomic mass is 10.2. The summed E-state index contributed by atoms with van der Waals surface area (Å²) in [7, 11) is 1.79. The molecule has 0 saturated heterocycles. The highest BCUT2D eigenvalue weighted by Gasteiger charge is 2.17. The molecule has 0 radical (unpaired) electrons. The van der Waals surface area contributed by atoms with Crippen LogP contribution in [0, 0.1) is 0 Å². The quantitative estimate of drug-likeness (QED) is 0.764. The molecule has 1 aromatic heterocycles. The Morgan fingerprint density at radius 2 is 2.44 bits per heavy atom. The number of nitrogens with two attached hydrogens (primary N) is 1. The van der Waals surface area contributed by atoms with E-state index < -0.39 is 0 Å². The summed E-state index contributed by atoms with van der Waals surface area (Å²) in [4.78, 5) is 14.6. The Balaban J connectivity index is 2.44. The van der Waals surface area contributed by atoms with E-state index in [1.54, 1.807) is 23.3 Å². The van der Waals surface area contributed by atoms with E-state index in [-0.39, 0.29) is 18.6 Å². The molecule has 0 aliphatic carbocycles. The number of carbonyl (C=O) groups excluding carboxylic acids is 1. The Kier molecular flexibility index (Phi) is 5.45. The first-order valence-corrected chi connectivity index (χ1v) is 6.11. The Hall–Kier alpha value is -0.910. The van der Waals surface area contributed by atoms with Gasteiger partial charge in [0.05, 0.1) is 12.6 Å². The highest BCUT2D eigenvalue weighted by Crippen LogP contribution is 2.23. The molecule has 0 aliphatic rings. The third-order valence-electron chi connectivity index (χ3n) is 2.42. The first-order valence-electron chi connectivity index (χ1n) is 5.23. The highest BCUT2D eigenvalue weighted by atomic mass is 32.1. The molecule has 1 rings (SSSR count). The maximum atomic E-state index is 11.7. The third kappa shape index (κ3) is 3.59. The fraction of sp³-hybridized carbons (Fsp3) is 0.545. The molecule has 0 aromatic carbocycles. The fourth-order valence-electron chi connectivity index (χ4n) is 1.28. The zero-order chi connectivity index (χ0) is 12.0. The van der Waals surface area contributed by atoms with Gasteiger partial charge in [-0.2, -0.15) is 0 Å². The Labute approximate surface area is 100 Å². The topological polar surface area (TPSA) is 55.6 Å². The second kappa shape index (κ2) is 6.62. The van der Waals surface area contributed by atoms with Crippen molar-refractivity contribution in [1.82, 2.24) is 4.90 Å². The summed E-state index contributed by atoms with van der Waals surface area (Å²) in [6.07, 6.45) is 0. The van der Waals surface area contributed by atoms with E-state index in [1.165, 1.54) is 4.88 Å². The second-order valence-corrected chi connectivity index (χ2v) is 4.52. The average Bonchev–Trinajstić information content (AvgIpc) is 2.80. The lowest BCUT2D eigenvalue weighted by Gasteiger charge is -2.23. The first-order chi connectivity index (χ1) is 7.66. The van der Waals surface area contributed by atoms with Gasteiger partial charge in [0.25, 0.3) is 0 Å². The summed E-state index contributed by atoms with van der Waals surface area (Å²) in [6.45, 7) is 2.97. The van der Waals surface area contributed by atoms with Crippen LogP contribution < -0.4 is 5.73 Å². The Bertz CT molecular complexity index is 314. The van der Waals surface area contributed by atoms with E-state index in [1.807, 2.05) is 24.4 Å². The number of nitrogens with zero attached hydrogens (tertiary/aromatic N) is 1. The van der Waals surface area contributed by atoms with Crippen molar-refractivity contribution < 1.29 is 9.53 Å². The lowest BCUT2D eigenvalue weighted by molar-refractivity contribution is -0.136. The van der Waals surface area contributed by atoms with Gasteiger partial charge in [-0.05, 0) is 18.4 Å². The Morgan fingerprint density at radius 1 is 1.69 bits per heavy atom. The molecule has 1 atom stereocenters. The number of carbonyl (C=O) groups is 1. The molecule has 0 fully saturated rings. The minimum Gasteiger partial charge on any atom is -0.370 e. The minimum absolute atomic E-state index is 0.0191. The first kappa shape index (κ1) is 13.2. The van der Waals surface area contributed by atoms with Crippen molar-refractivity contribution in [2.24, 2.45) is 5.73 Å². The summed E-state index contributed by atoms with van der Waals surface area (Å²) >= 11 is 1.65. The SMILES string of the molecule is CC(c1cccs1)N(C)C(=O)COCCN. The molecule has 1 amide bonds. The van der Waals surface area contributed by atoms with Crippen LogP contribution in [-0.4, -0.2) is 37.6 Å². The van der Waals surface area contributed by atoms with Crippen molar-refractivity contribution in [1.29, 1.82) is 0 Å². The van der Waals surface area contributed by atoms with E-state index in [4.69, 9.17) is 10.5 Å². The molecule has 2 N–H and O–H groups in total. The largest absolute Gasteiger partial charge is 0.370 e. The molecule has 1 aromatic rings. The van der Waals surface area contributed by atoms with Crippen molar-refractivity contribution >= 4 is 17.2 Å². The predicted molar refractivity (Wildman–Crippen MR) is 65.4 cm³/mol. The van der Waals surface area contributed by atoms with E-state index >= 15 is 0 Å². The van der Waals surface area contributed by atoms with Gasteiger partial charge in [0.2, 0.25) is 5.91 Å². The van der Waals surface area contributed by atoms with Gasteiger partial charge in [0.1, 0.15) is 6.61 Å². The van der Waals surface area contributed by atoms with E-state index in [0.717, 1.165) is 0 Å². The van der Waals surface area contributed by atoms with Crippen LogP contribution in [0.5, 0.6) is 0 Å². The maximum Gasteiger partial charge on any atom is 0.248 e. The van der Waals surface area contributed by atoms with E-state index in [2.05, 4.69) is 0 Å². The van der Waals surface area contributed by atoms with Crippen LogP contribution in [0.15, 0.2) is 17.5 Å². The van der Waals surface area contributed by atoms with Crippen LogP contribution in [-0.2, 0) is 9.53 Å². The number of likely N-dealkylation sites (N-methyl/N-ethyl adjacent to an activating group) is 1. The van der Waals surface area contributed by atoms with Gasteiger partial charge in [0.15, 0.2) is 0 Å². The van der Waals surface area contributed by atoms with Crippen molar-refractivity contribution in [3.8, 4) is 0 Å². The summed E-state index contributed by atoms with van der Waals surface area (Å²) < 4.78 is 5.12. The van der Waals surface area contributed by atoms with Crippen LogP contribution >= 0.6 is 11.3 Å². The second-order valence-electron chi connectivity index (χ2n) is 3.54. The maximum absolute atomic E-state index is 11.7. The van der Waals surface area contributed by atoms with Crippen molar-refractivity contribution in [3.05, 3.63) is 22.4 Å². The number of amides is 1. The average molecular weight is 242 g/mol. The van der Waals surface area contributed by atoms with Crippen molar-refractivity contribution in [2.75, 3.05) is 26.8 Å². The fourth-order valence-corrected chi connectivity index (χ4v) is 2.11. The molecule has 0 aliphatic heterocycles. The summed E-state index contributed by atoms with van der Waals surface area (Å²) in [5.41, 5.74) is 5.28. The number of thiophene rings is 1. The van der Waals surface area contributed by atoms with Gasteiger partial charge in [0, 0.05) is 18.5 Å². The molecule has 0 spiro atoms. The molecule has 90 valence electrons. The molecule has 0 bridgehead atoms. The van der Waals surface area contributed by atoms with Gasteiger partial charge in [-0.15, -0.1) is 11.3 Å². The van der Waals surface area contributed by atoms with Crippen LogP contribution in [0.4, 0.5) is 0 Å². The lowest BCUT2D eigenvalue weighted by Crippen LogP contribution is -2.32. The summed E-state index contributed by atoms with van der Waals surface area (Å²) in [6, 6.07) is 4.11. The monoisotopic (exact) mass is 242 g/mol. The van der Waals surface area contributed by atoms with E-state index in [0.29, 0.717) is 13.2 Å². The molecule has 1 heterocycles. The van der Waals surface area contributed by atoms with Crippen LogP contribution in [0.2, 0.25) is 0 Å². The number of ether oxygens (including phenoxy) is 1. The predicted octanol–water partition coefficient (Wildman–Crippen LogP) is 1.24. The molecule has 5 heteroatoms. The third-order valence-corrected chi connectivity index (χ3v) is 3.46. The van der Waals surface area contributed by atoms with Crippen LogP contribution in [0.25, 0.3) is 0 Å². The number of hydrogen-bond acceptors (Lipinski definition) is 4. The molecule has 16 heavy (non-hydrogen) atoms. The smallest absolute Gasteiger partial charge is 0.248 e. The zero-order valence-corrected chi connectivity index (χ0v) is 10.5. The molecule has 4 nitrogen and oxygen atoms in total. The summed E-state index contributed by atoms with van der Waals surface area (Å²) in [5, 5.41) is 2.01. The molecule has 0 saturated carbocycles. The number of hydrogen-bond donors (Lipinski definition) is 1. The van der Waals surface area contributed by atoms with Gasteiger partial charge in [-0.25, -0.2) is 0 Å². The standard InChI is InChI=1S/C11H18N2O2S/c1-9(10-4-3-7-16-10)13(2)11(14)8-15-6-5-12/h3-4,7,9H,5-6,8,12H2,1-2H3. The van der Waals surface area contributed by atoms with Crippen molar-refractivity contribution in [3.63, 3.8) is 0 Å².